The third-order valence-electron chi connectivity index (χ3n) is 12.2. The van der Waals surface area contributed by atoms with Crippen molar-refractivity contribution in [2.24, 2.45) is 40.4 Å². The van der Waals surface area contributed by atoms with E-state index < -0.39 is 0 Å². The van der Waals surface area contributed by atoms with Crippen LogP contribution in [0, 0.1) is 40.4 Å². The molecule has 0 spiro atoms. The Hall–Kier alpha value is -1.56. The summed E-state index contributed by atoms with van der Waals surface area (Å²) < 4.78 is 5.36. The van der Waals surface area contributed by atoms with Crippen LogP contribution in [0.3, 0.4) is 0 Å². The molecule has 4 fully saturated rings. The second kappa shape index (κ2) is 11.0. The first-order chi connectivity index (χ1) is 18.4. The fourth-order valence-corrected chi connectivity index (χ4v) is 10.1. The Kier molecular flexibility index (Phi) is 8.18. The van der Waals surface area contributed by atoms with Gasteiger partial charge in [0.1, 0.15) is 0 Å². The van der Waals surface area contributed by atoms with Gasteiger partial charge in [-0.25, -0.2) is 4.79 Å². The minimum absolute atomic E-state index is 0.0245. The molecule has 9 atom stereocenters. The van der Waals surface area contributed by atoms with Gasteiger partial charge < -0.3 is 19.6 Å². The lowest BCUT2D eigenvalue weighted by atomic mass is 9.47. The Morgan fingerprint density at radius 1 is 1.08 bits per heavy atom. The number of ether oxygens (including phenoxy) is 1. The molecule has 4 aliphatic carbocycles. The van der Waals surface area contributed by atoms with Crippen LogP contribution in [-0.4, -0.2) is 64.8 Å². The van der Waals surface area contributed by atoms with E-state index in [2.05, 4.69) is 33.8 Å². The van der Waals surface area contributed by atoms with Gasteiger partial charge in [0, 0.05) is 32.1 Å². The third kappa shape index (κ3) is 5.28. The molecule has 6 nitrogen and oxygen atoms in total. The monoisotopic (exact) mass is 542 g/mol. The largest absolute Gasteiger partial charge is 0.447 e. The highest BCUT2D eigenvalue weighted by Crippen LogP contribution is 2.67. The van der Waals surface area contributed by atoms with E-state index in [4.69, 9.17) is 4.74 Å². The first-order valence-corrected chi connectivity index (χ1v) is 16.1. The summed E-state index contributed by atoms with van der Waals surface area (Å²) in [5.41, 5.74) is 2.24. The van der Waals surface area contributed by atoms with Crippen molar-refractivity contribution in [3.8, 4) is 0 Å². The highest BCUT2D eigenvalue weighted by molar-refractivity contribution is 5.77. The van der Waals surface area contributed by atoms with Crippen LogP contribution in [0.15, 0.2) is 11.6 Å². The van der Waals surface area contributed by atoms with E-state index in [9.17, 15) is 14.7 Å². The van der Waals surface area contributed by atoms with Crippen LogP contribution < -0.4 is 0 Å². The van der Waals surface area contributed by atoms with Crippen LogP contribution in [0.2, 0.25) is 0 Å². The van der Waals surface area contributed by atoms with Crippen molar-refractivity contribution in [2.75, 3.05) is 19.6 Å². The Labute approximate surface area is 236 Å². The molecule has 5 aliphatic rings. The Morgan fingerprint density at radius 3 is 2.56 bits per heavy atom. The summed E-state index contributed by atoms with van der Waals surface area (Å²) in [6, 6.07) is 0.0245. The fourth-order valence-electron chi connectivity index (χ4n) is 10.1. The molecule has 5 rings (SSSR count). The second-order valence-corrected chi connectivity index (χ2v) is 14.7. The van der Waals surface area contributed by atoms with E-state index in [1.807, 2.05) is 18.7 Å². The third-order valence-corrected chi connectivity index (χ3v) is 12.2. The van der Waals surface area contributed by atoms with Crippen molar-refractivity contribution in [2.45, 2.75) is 124 Å². The summed E-state index contributed by atoms with van der Waals surface area (Å²) in [5, 5.41) is 10.3. The number of hydrogen-bond donors (Lipinski definition) is 1. The van der Waals surface area contributed by atoms with E-state index in [-0.39, 0.29) is 30.3 Å². The van der Waals surface area contributed by atoms with E-state index >= 15 is 0 Å². The normalized spacial score (nSPS) is 40.9. The molecule has 1 N–H and O–H groups in total. The highest BCUT2D eigenvalue weighted by Gasteiger charge is 2.59. The van der Waals surface area contributed by atoms with Gasteiger partial charge in [-0.15, -0.1) is 0 Å². The van der Waals surface area contributed by atoms with Crippen molar-refractivity contribution in [1.29, 1.82) is 0 Å². The summed E-state index contributed by atoms with van der Waals surface area (Å²) in [5.74, 6) is 3.84. The maximum Gasteiger partial charge on any atom is 0.410 e. The second-order valence-electron chi connectivity index (χ2n) is 14.7. The first-order valence-electron chi connectivity index (χ1n) is 16.1. The van der Waals surface area contributed by atoms with Gasteiger partial charge in [-0.05, 0) is 119 Å². The predicted molar refractivity (Wildman–Crippen MR) is 154 cm³/mol. The number of rotatable bonds is 5. The summed E-state index contributed by atoms with van der Waals surface area (Å²) >= 11 is 0. The molecule has 220 valence electrons. The number of allylic oxidation sites excluding steroid dienone is 1. The van der Waals surface area contributed by atoms with Gasteiger partial charge in [-0.2, -0.15) is 0 Å². The van der Waals surface area contributed by atoms with Gasteiger partial charge >= 0.3 is 6.09 Å². The molecule has 1 unspecified atom stereocenters. The number of amides is 2. The average molecular weight is 543 g/mol. The molecule has 0 aromatic carbocycles. The number of aliphatic hydroxyl groups is 1. The zero-order valence-electron chi connectivity index (χ0n) is 25.5. The van der Waals surface area contributed by atoms with Gasteiger partial charge in [0.2, 0.25) is 5.91 Å². The maximum atomic E-state index is 13.3. The quantitative estimate of drug-likeness (QED) is 0.407. The number of hydrogen-bond acceptors (Lipinski definition) is 4. The molecule has 6 heteroatoms. The molecule has 0 bridgehead atoms. The van der Waals surface area contributed by atoms with Gasteiger partial charge in [-0.3, -0.25) is 4.79 Å². The van der Waals surface area contributed by atoms with Crippen molar-refractivity contribution >= 4 is 12.0 Å². The average Bonchev–Trinajstić information content (AvgIpc) is 3.24. The zero-order valence-corrected chi connectivity index (χ0v) is 25.5. The van der Waals surface area contributed by atoms with Gasteiger partial charge in [0.25, 0.3) is 0 Å². The van der Waals surface area contributed by atoms with Crippen LogP contribution in [0.1, 0.15) is 106 Å². The number of carbonyl (C=O) groups is 2. The smallest absolute Gasteiger partial charge is 0.410 e. The molecule has 39 heavy (non-hydrogen) atoms. The van der Waals surface area contributed by atoms with E-state index in [0.29, 0.717) is 48.7 Å². The van der Waals surface area contributed by atoms with Crippen molar-refractivity contribution in [3.05, 3.63) is 11.6 Å². The summed E-state index contributed by atoms with van der Waals surface area (Å²) in [6.45, 7) is 15.0. The fraction of sp³-hybridized carbons (Fsp3) is 0.879. The van der Waals surface area contributed by atoms with Crippen LogP contribution in [0.5, 0.6) is 0 Å². The van der Waals surface area contributed by atoms with Crippen LogP contribution in [-0.2, 0) is 9.53 Å². The molecule has 0 radical (unpaired) electrons. The van der Waals surface area contributed by atoms with Crippen LogP contribution >= 0.6 is 0 Å². The van der Waals surface area contributed by atoms with Crippen molar-refractivity contribution in [3.63, 3.8) is 0 Å². The molecular formula is C33H54N2O4. The van der Waals surface area contributed by atoms with E-state index in [1.165, 1.54) is 32.1 Å². The number of fused-ring (bicyclic) bond motifs is 5. The lowest BCUT2D eigenvalue weighted by Crippen LogP contribution is -2.55. The lowest BCUT2D eigenvalue weighted by molar-refractivity contribution is -0.136. The minimum atomic E-state index is -0.268. The summed E-state index contributed by atoms with van der Waals surface area (Å²) in [6.07, 6.45) is 13.1. The number of carbonyl (C=O) groups excluding carboxylic acids is 2. The lowest BCUT2D eigenvalue weighted by Gasteiger charge is -2.58. The topological polar surface area (TPSA) is 70.1 Å². The molecule has 2 amide bonds. The molecule has 0 aromatic heterocycles. The first kappa shape index (κ1) is 29.0. The molecule has 3 saturated carbocycles. The Bertz CT molecular complexity index is 963. The number of nitrogens with zero attached hydrogens (tertiary/aromatic N) is 2. The number of aliphatic hydroxyl groups excluding tert-OH is 1. The molecule has 1 saturated heterocycles. The van der Waals surface area contributed by atoms with Crippen LogP contribution in [0.4, 0.5) is 4.79 Å². The Morgan fingerprint density at radius 2 is 1.85 bits per heavy atom. The minimum Gasteiger partial charge on any atom is -0.447 e. The standard InChI is InChI=1S/C33H54N2O4/c1-21(2)39-31(38)34-17-18-35(23(4)20-34)30(37)12-7-22(3)27-10-11-28-26-9-8-24-19-25(36)13-15-32(24,5)29(26)14-16-33(27,28)6/h8,21-23,25-29,36H,7,9-20H2,1-6H3/t22?,23-,25-,26-,27+,28-,29-,32-,33+/m0/s1. The number of piperazine rings is 1. The van der Waals surface area contributed by atoms with Gasteiger partial charge in [-0.1, -0.05) is 32.4 Å². The summed E-state index contributed by atoms with van der Waals surface area (Å²) in [7, 11) is 0. The SMILES string of the molecule is CC(C)OC(=O)N1CCN(C(=O)CCC(C)[C@H]2CC[C@H]3[C@@H]4CC=C5C[C@@H](O)CC[C@]5(C)[C@H]4CC[C@]23C)[C@@H](C)C1. The zero-order chi connectivity index (χ0) is 28.1. The van der Waals surface area contributed by atoms with Crippen LogP contribution in [0.25, 0.3) is 0 Å². The predicted octanol–water partition coefficient (Wildman–Crippen LogP) is 6.42. The van der Waals surface area contributed by atoms with Gasteiger partial charge in [0.15, 0.2) is 0 Å². The highest BCUT2D eigenvalue weighted by atomic mass is 16.6. The van der Waals surface area contributed by atoms with Crippen molar-refractivity contribution in [1.82, 2.24) is 9.80 Å². The molecular weight excluding hydrogens is 488 g/mol. The van der Waals surface area contributed by atoms with Gasteiger partial charge in [0.05, 0.1) is 12.2 Å². The maximum absolute atomic E-state index is 13.3. The summed E-state index contributed by atoms with van der Waals surface area (Å²) in [4.78, 5) is 29.3. The van der Waals surface area contributed by atoms with E-state index in [0.717, 1.165) is 43.4 Å². The molecule has 1 aliphatic heterocycles. The molecule has 0 aromatic rings. The Balaban J connectivity index is 1.17. The van der Waals surface area contributed by atoms with E-state index in [1.54, 1.807) is 10.5 Å². The molecule has 1 heterocycles. The van der Waals surface area contributed by atoms with Crippen molar-refractivity contribution < 1.29 is 19.4 Å².